The van der Waals surface area contributed by atoms with Crippen molar-refractivity contribution in [3.8, 4) is 0 Å². The number of aromatic nitrogens is 1. The van der Waals surface area contributed by atoms with Crippen LogP contribution in [0.15, 0.2) is 71.2 Å². The molecule has 5 amide bonds. The summed E-state index contributed by atoms with van der Waals surface area (Å²) in [5, 5.41) is 12.2. The number of amides is 5. The molecule has 2 atom stereocenters. The molecule has 0 bridgehead atoms. The number of alkyl carbamates (subject to hydrolysis) is 1. The quantitative estimate of drug-likeness (QED) is 0.0699. The zero-order valence-electron chi connectivity index (χ0n) is 28.1. The standard InChI is InChI=1S/C33H30Cl2N6O12S/c1-49-40-25(21-16-54-30(36-21)37-22(42)14-34)27(45)39-32(17-50-31(48)38-23(43)15-35)18-51-41(28(32)46)33(13-12-24(44)53-33)29(47)52-26(19-8-4-2-5-9-19)20-10-6-3-7-11-20/h2-11,16,26H,12-15,17-18H2,1H3,(H,39,45)(H,36,37,42)(H,38,43,48)/b40-25-. The average molecular weight is 806 g/mol. The lowest BCUT2D eigenvalue weighted by atomic mass is 9.98. The van der Waals surface area contributed by atoms with E-state index in [1.54, 1.807) is 60.7 Å². The predicted molar refractivity (Wildman–Crippen MR) is 188 cm³/mol. The molecule has 54 heavy (non-hydrogen) atoms. The number of halogens is 2. The van der Waals surface area contributed by atoms with Crippen molar-refractivity contribution in [1.82, 2.24) is 20.7 Å². The Bertz CT molecular complexity index is 1910. The van der Waals surface area contributed by atoms with E-state index >= 15 is 0 Å². The number of rotatable bonds is 14. The van der Waals surface area contributed by atoms with E-state index in [0.29, 0.717) is 16.2 Å². The van der Waals surface area contributed by atoms with Crippen LogP contribution < -0.4 is 16.0 Å². The van der Waals surface area contributed by atoms with Gasteiger partial charge < -0.3 is 29.7 Å². The second-order valence-electron chi connectivity index (χ2n) is 11.4. The highest BCUT2D eigenvalue weighted by Gasteiger charge is 2.65. The first kappa shape index (κ1) is 39.6. The number of hydrogen-bond acceptors (Lipinski definition) is 15. The van der Waals surface area contributed by atoms with Gasteiger partial charge in [-0.2, -0.15) is 5.06 Å². The van der Waals surface area contributed by atoms with Crippen molar-refractivity contribution in [2.75, 3.05) is 37.4 Å². The van der Waals surface area contributed by atoms with Gasteiger partial charge in [0.25, 0.3) is 11.8 Å². The number of thiazole rings is 1. The molecule has 2 saturated heterocycles. The molecule has 284 valence electrons. The van der Waals surface area contributed by atoms with Crippen LogP contribution in [0.25, 0.3) is 0 Å². The fourth-order valence-electron chi connectivity index (χ4n) is 5.24. The van der Waals surface area contributed by atoms with Crippen LogP contribution in [-0.4, -0.2) is 101 Å². The smallest absolute Gasteiger partial charge is 0.413 e. The van der Waals surface area contributed by atoms with Gasteiger partial charge in [-0.05, 0) is 11.1 Å². The molecule has 0 aliphatic carbocycles. The maximum Gasteiger partial charge on any atom is 0.413 e. The van der Waals surface area contributed by atoms with Crippen LogP contribution in [0.1, 0.15) is 35.8 Å². The summed E-state index contributed by atoms with van der Waals surface area (Å²) in [7, 11) is 1.13. The summed E-state index contributed by atoms with van der Waals surface area (Å²) >= 11 is 11.9. The van der Waals surface area contributed by atoms with Crippen LogP contribution in [0.4, 0.5) is 9.93 Å². The van der Waals surface area contributed by atoms with Gasteiger partial charge in [-0.1, -0.05) is 65.8 Å². The molecule has 2 unspecified atom stereocenters. The van der Waals surface area contributed by atoms with Gasteiger partial charge in [0.1, 0.15) is 37.8 Å². The summed E-state index contributed by atoms with van der Waals surface area (Å²) in [4.78, 5) is 106. The van der Waals surface area contributed by atoms with Gasteiger partial charge in [0.2, 0.25) is 11.8 Å². The lowest BCUT2D eigenvalue weighted by Gasteiger charge is -2.35. The molecular weight excluding hydrogens is 775 g/mol. The molecular formula is C33H30Cl2N6O12S. The molecule has 0 saturated carbocycles. The Morgan fingerprint density at radius 3 is 2.22 bits per heavy atom. The molecule has 2 aliphatic rings. The van der Waals surface area contributed by atoms with Crippen molar-refractivity contribution in [3.63, 3.8) is 0 Å². The van der Waals surface area contributed by atoms with Crippen molar-refractivity contribution in [3.05, 3.63) is 82.9 Å². The lowest BCUT2D eigenvalue weighted by molar-refractivity contribution is -0.260. The molecule has 2 fully saturated rings. The number of hydroxylamine groups is 2. The highest BCUT2D eigenvalue weighted by atomic mass is 35.5. The Morgan fingerprint density at radius 2 is 1.65 bits per heavy atom. The van der Waals surface area contributed by atoms with E-state index in [1.807, 2.05) is 5.32 Å². The Labute approximate surface area is 319 Å². The minimum atomic E-state index is -2.51. The number of benzene rings is 2. The number of esters is 2. The average Bonchev–Trinajstić information content (AvgIpc) is 3.90. The number of alkyl halides is 2. The number of oxime groups is 1. The van der Waals surface area contributed by atoms with Crippen molar-refractivity contribution < 1.29 is 57.4 Å². The number of nitrogens with zero attached hydrogens (tertiary/aromatic N) is 3. The number of imide groups is 1. The molecule has 5 rings (SSSR count). The molecule has 1 aromatic heterocycles. The summed E-state index contributed by atoms with van der Waals surface area (Å²) in [5.41, 5.74) is -4.40. The van der Waals surface area contributed by atoms with E-state index in [-0.39, 0.29) is 23.1 Å². The van der Waals surface area contributed by atoms with E-state index in [2.05, 4.69) is 20.8 Å². The molecule has 21 heteroatoms. The number of nitrogens with one attached hydrogen (secondary N) is 3. The molecule has 0 spiro atoms. The normalized spacial score (nSPS) is 19.6. The summed E-state index contributed by atoms with van der Waals surface area (Å²) in [6.07, 6.45) is -3.14. The Balaban J connectivity index is 1.48. The monoisotopic (exact) mass is 804 g/mol. The summed E-state index contributed by atoms with van der Waals surface area (Å²) < 4.78 is 16.6. The van der Waals surface area contributed by atoms with Crippen LogP contribution in [-0.2, 0) is 52.7 Å². The Morgan fingerprint density at radius 1 is 1.00 bits per heavy atom. The minimum absolute atomic E-state index is 0.0465. The molecule has 18 nitrogen and oxygen atoms in total. The second-order valence-corrected chi connectivity index (χ2v) is 12.8. The van der Waals surface area contributed by atoms with Gasteiger partial charge in [0.05, 0.1) is 6.42 Å². The van der Waals surface area contributed by atoms with Crippen molar-refractivity contribution in [2.45, 2.75) is 30.2 Å². The van der Waals surface area contributed by atoms with Gasteiger partial charge in [-0.25, -0.2) is 14.6 Å². The highest BCUT2D eigenvalue weighted by Crippen LogP contribution is 2.39. The van der Waals surface area contributed by atoms with E-state index in [1.165, 1.54) is 5.38 Å². The van der Waals surface area contributed by atoms with Crippen LogP contribution >= 0.6 is 34.5 Å². The third-order valence-corrected chi connectivity index (χ3v) is 8.98. The highest BCUT2D eigenvalue weighted by molar-refractivity contribution is 7.14. The number of carbonyl (C=O) groups excluding carboxylic acids is 7. The number of carbonyl (C=O) groups is 7. The van der Waals surface area contributed by atoms with Gasteiger partial charge in [0, 0.05) is 11.8 Å². The summed E-state index contributed by atoms with van der Waals surface area (Å²) in [6.45, 7) is -1.81. The SMILES string of the molecule is CO/N=C(\C(=O)NC1(COC(=O)NC(=O)CCl)CON(C2(C(=O)OC(c3ccccc3)c3ccccc3)CCC(=O)O2)C1=O)c1csc(NC(=O)CCl)n1. The van der Waals surface area contributed by atoms with E-state index < -0.39 is 90.3 Å². The van der Waals surface area contributed by atoms with Crippen LogP contribution in [0.3, 0.4) is 0 Å². The molecule has 3 aromatic rings. The summed E-state index contributed by atoms with van der Waals surface area (Å²) in [6, 6.07) is 17.3. The van der Waals surface area contributed by atoms with Crippen molar-refractivity contribution in [1.29, 1.82) is 0 Å². The predicted octanol–water partition coefficient (Wildman–Crippen LogP) is 2.16. The fraction of sp³-hybridized carbons (Fsp3) is 0.303. The zero-order chi connectivity index (χ0) is 38.9. The van der Waals surface area contributed by atoms with Gasteiger partial charge in [0.15, 0.2) is 22.5 Å². The number of hydrogen-bond donors (Lipinski definition) is 3. The van der Waals surface area contributed by atoms with E-state index in [0.717, 1.165) is 18.4 Å². The number of anilines is 1. The van der Waals surface area contributed by atoms with Crippen LogP contribution in [0, 0.1) is 0 Å². The first-order valence-electron chi connectivity index (χ1n) is 15.7. The first-order valence-corrected chi connectivity index (χ1v) is 17.7. The van der Waals surface area contributed by atoms with Gasteiger partial charge in [-0.3, -0.25) is 34.1 Å². The number of cyclic esters (lactones) is 1. The van der Waals surface area contributed by atoms with Crippen LogP contribution in [0.2, 0.25) is 0 Å². The molecule has 2 aliphatic heterocycles. The molecule has 2 aromatic carbocycles. The van der Waals surface area contributed by atoms with E-state index in [9.17, 15) is 33.6 Å². The topological polar surface area (TPSA) is 230 Å². The van der Waals surface area contributed by atoms with Crippen molar-refractivity contribution >= 4 is 87.0 Å². The number of ether oxygens (including phenoxy) is 3. The minimum Gasteiger partial charge on any atom is -0.448 e. The second kappa shape index (κ2) is 17.5. The van der Waals surface area contributed by atoms with Gasteiger partial charge in [-0.15, -0.1) is 34.5 Å². The molecule has 3 heterocycles. The zero-order valence-corrected chi connectivity index (χ0v) is 30.4. The summed E-state index contributed by atoms with van der Waals surface area (Å²) in [5.74, 6) is -6.91. The maximum atomic E-state index is 14.5. The van der Waals surface area contributed by atoms with E-state index in [4.69, 9.17) is 47.1 Å². The third kappa shape index (κ3) is 8.76. The third-order valence-electron chi connectivity index (χ3n) is 7.74. The van der Waals surface area contributed by atoms with Crippen molar-refractivity contribution in [2.24, 2.45) is 5.16 Å². The largest absolute Gasteiger partial charge is 0.448 e. The van der Waals surface area contributed by atoms with Gasteiger partial charge >= 0.3 is 23.8 Å². The molecule has 0 radical (unpaired) electrons. The molecule has 3 N–H and O–H groups in total. The van der Waals surface area contributed by atoms with Crippen LogP contribution in [0.5, 0.6) is 0 Å². The Kier molecular flexibility index (Phi) is 12.8. The Hall–Kier alpha value is -5.63. The lowest BCUT2D eigenvalue weighted by Crippen LogP contribution is -2.64. The maximum absolute atomic E-state index is 14.5. The first-order chi connectivity index (χ1) is 25.9. The fourth-order valence-corrected chi connectivity index (χ4v) is 6.08.